The highest BCUT2D eigenvalue weighted by molar-refractivity contribution is 6.31. The van der Waals surface area contributed by atoms with Crippen molar-refractivity contribution in [1.29, 1.82) is 0 Å². The fourth-order valence-electron chi connectivity index (χ4n) is 2.17. The molecule has 0 saturated heterocycles. The van der Waals surface area contributed by atoms with Crippen LogP contribution in [0.2, 0.25) is 0 Å². The lowest BCUT2D eigenvalue weighted by Crippen LogP contribution is -2.25. The Bertz CT molecular complexity index is 827. The van der Waals surface area contributed by atoms with Gasteiger partial charge in [-0.05, 0) is 49.8 Å². The second kappa shape index (κ2) is 9.90. The number of hydrogen-bond donors (Lipinski definition) is 2. The van der Waals surface area contributed by atoms with Gasteiger partial charge in [-0.25, -0.2) is 4.39 Å². The Kier molecular flexibility index (Phi) is 7.58. The molecule has 0 spiro atoms. The molecule has 27 heavy (non-hydrogen) atoms. The highest BCUT2D eigenvalue weighted by Crippen LogP contribution is 2.21. The van der Waals surface area contributed by atoms with E-state index in [2.05, 4.69) is 5.32 Å². The molecule has 2 rings (SSSR count). The van der Waals surface area contributed by atoms with Gasteiger partial charge in [-0.1, -0.05) is 41.9 Å². The third kappa shape index (κ3) is 6.55. The minimum absolute atomic E-state index is 0.0514. The van der Waals surface area contributed by atoms with Crippen LogP contribution in [0.1, 0.15) is 19.4 Å². The topological polar surface area (TPSA) is 64.4 Å². The first kappa shape index (κ1) is 20.7. The minimum Gasteiger partial charge on any atom is -0.457 e. The molecule has 0 bridgehead atoms. The van der Waals surface area contributed by atoms with E-state index in [9.17, 15) is 9.18 Å². The first-order valence-corrected chi connectivity index (χ1v) is 8.83. The Morgan fingerprint density at radius 2 is 1.78 bits per heavy atom. The average Bonchev–Trinajstić information content (AvgIpc) is 2.65. The van der Waals surface area contributed by atoms with Gasteiger partial charge in [-0.2, -0.15) is 0 Å². The van der Waals surface area contributed by atoms with Gasteiger partial charge in [0.15, 0.2) is 0 Å². The van der Waals surface area contributed by atoms with Gasteiger partial charge in [-0.3, -0.25) is 4.79 Å². The van der Waals surface area contributed by atoms with Crippen LogP contribution in [0.15, 0.2) is 77.1 Å². The molecule has 4 nitrogen and oxygen atoms in total. The number of hydrogen-bond acceptors (Lipinski definition) is 3. The summed E-state index contributed by atoms with van der Waals surface area (Å²) in [4.78, 5) is 12.3. The van der Waals surface area contributed by atoms with E-state index in [4.69, 9.17) is 22.1 Å². The third-order valence-electron chi connectivity index (χ3n) is 3.69. The van der Waals surface area contributed by atoms with E-state index < -0.39 is 17.8 Å². The predicted molar refractivity (Wildman–Crippen MR) is 106 cm³/mol. The fourth-order valence-corrected chi connectivity index (χ4v) is 2.31. The van der Waals surface area contributed by atoms with Crippen LogP contribution in [0.3, 0.4) is 0 Å². The molecule has 0 fully saturated rings. The number of para-hydroxylation sites is 1. The van der Waals surface area contributed by atoms with Crippen molar-refractivity contribution in [2.75, 3.05) is 0 Å². The zero-order valence-electron chi connectivity index (χ0n) is 15.2. The molecule has 3 N–H and O–H groups in total. The van der Waals surface area contributed by atoms with E-state index in [0.717, 1.165) is 17.4 Å². The lowest BCUT2D eigenvalue weighted by atomic mass is 10.1. The second-order valence-electron chi connectivity index (χ2n) is 6.01. The number of amides is 1. The van der Waals surface area contributed by atoms with Crippen molar-refractivity contribution in [1.82, 2.24) is 5.32 Å². The second-order valence-corrected chi connectivity index (χ2v) is 6.57. The molecular formula is C21H22ClFN2O2. The van der Waals surface area contributed by atoms with Crippen molar-refractivity contribution in [3.63, 3.8) is 0 Å². The molecule has 0 aliphatic rings. The molecule has 0 heterocycles. The Balaban J connectivity index is 1.98. The van der Waals surface area contributed by atoms with Gasteiger partial charge in [-0.15, -0.1) is 0 Å². The zero-order valence-corrected chi connectivity index (χ0v) is 16.0. The summed E-state index contributed by atoms with van der Waals surface area (Å²) in [6, 6.07) is 15.9. The Hall–Kier alpha value is -2.63. The van der Waals surface area contributed by atoms with Crippen LogP contribution < -0.4 is 15.8 Å². The summed E-state index contributed by atoms with van der Waals surface area (Å²) in [5, 5.41) is 2.91. The maximum atomic E-state index is 13.7. The van der Waals surface area contributed by atoms with Gasteiger partial charge >= 0.3 is 0 Å². The molecule has 0 saturated carbocycles. The first-order valence-electron chi connectivity index (χ1n) is 8.46. The average molecular weight is 389 g/mol. The molecule has 0 aliphatic carbocycles. The molecule has 1 amide bonds. The van der Waals surface area contributed by atoms with Gasteiger partial charge in [0, 0.05) is 11.6 Å². The van der Waals surface area contributed by atoms with Gasteiger partial charge in [0.1, 0.15) is 17.3 Å². The monoisotopic (exact) mass is 388 g/mol. The quantitative estimate of drug-likeness (QED) is 0.528. The Morgan fingerprint density at radius 1 is 1.19 bits per heavy atom. The number of nitrogens with two attached hydrogens (primary N) is 1. The van der Waals surface area contributed by atoms with Gasteiger partial charge in [0.25, 0.3) is 5.91 Å². The van der Waals surface area contributed by atoms with Crippen molar-refractivity contribution >= 4 is 17.5 Å². The largest absolute Gasteiger partial charge is 0.457 e. The van der Waals surface area contributed by atoms with Gasteiger partial charge in [0.05, 0.1) is 11.6 Å². The summed E-state index contributed by atoms with van der Waals surface area (Å²) in [7, 11) is 0. The summed E-state index contributed by atoms with van der Waals surface area (Å²) in [5.41, 5.74) is 6.39. The van der Waals surface area contributed by atoms with E-state index >= 15 is 0 Å². The van der Waals surface area contributed by atoms with Crippen LogP contribution in [-0.2, 0) is 11.3 Å². The molecule has 2 aromatic carbocycles. The summed E-state index contributed by atoms with van der Waals surface area (Å²) in [6.45, 7) is 3.28. The van der Waals surface area contributed by atoms with Crippen molar-refractivity contribution < 1.29 is 13.9 Å². The fraction of sp³-hybridized carbons (Fsp3) is 0.190. The van der Waals surface area contributed by atoms with Crippen LogP contribution >= 0.6 is 11.6 Å². The molecular weight excluding hydrogens is 367 g/mol. The summed E-state index contributed by atoms with van der Waals surface area (Å²) in [6.07, 6.45) is 1.07. The number of halogens is 2. The van der Waals surface area contributed by atoms with Crippen molar-refractivity contribution in [3.05, 3.63) is 82.7 Å². The smallest absolute Gasteiger partial charge is 0.252 e. The van der Waals surface area contributed by atoms with Gasteiger partial charge < -0.3 is 15.8 Å². The third-order valence-corrected chi connectivity index (χ3v) is 3.89. The Labute approximate surface area is 163 Å². The molecule has 142 valence electrons. The standard InChI is InChI=1S/C21H22ClFN2O2/c1-14(22)19(12-20(23)15(2)24)21(26)25-13-16-8-10-18(11-9-16)27-17-6-4-3-5-7-17/h3-12,15H,13,24H2,1-2H3,(H,25,26)/b19-14-,20-12+. The molecule has 1 unspecified atom stereocenters. The number of benzene rings is 2. The predicted octanol–water partition coefficient (Wildman–Crippen LogP) is 4.81. The van der Waals surface area contributed by atoms with E-state index in [1.54, 1.807) is 0 Å². The van der Waals surface area contributed by atoms with E-state index in [1.165, 1.54) is 13.8 Å². The van der Waals surface area contributed by atoms with Crippen molar-refractivity contribution in [2.24, 2.45) is 5.73 Å². The highest BCUT2D eigenvalue weighted by Gasteiger charge is 2.13. The molecule has 6 heteroatoms. The van der Waals surface area contributed by atoms with Crippen LogP contribution in [-0.4, -0.2) is 11.9 Å². The Morgan fingerprint density at radius 3 is 2.33 bits per heavy atom. The summed E-state index contributed by atoms with van der Waals surface area (Å²) < 4.78 is 19.5. The number of ether oxygens (including phenoxy) is 1. The number of nitrogens with one attached hydrogen (secondary N) is 1. The number of allylic oxidation sites excluding steroid dienone is 1. The van der Waals surface area contributed by atoms with E-state index in [1.807, 2.05) is 54.6 Å². The molecule has 0 aliphatic heterocycles. The van der Waals surface area contributed by atoms with Crippen LogP contribution in [0.25, 0.3) is 0 Å². The van der Waals surface area contributed by atoms with Gasteiger partial charge in [0.2, 0.25) is 0 Å². The summed E-state index contributed by atoms with van der Waals surface area (Å²) >= 11 is 5.92. The summed E-state index contributed by atoms with van der Waals surface area (Å²) in [5.74, 6) is 0.356. The molecule has 2 aromatic rings. The SMILES string of the molecule is C/C(Cl)=C(\C=C(\F)C(C)N)C(=O)NCc1ccc(Oc2ccccc2)cc1. The molecule has 0 aromatic heterocycles. The molecule has 1 atom stereocenters. The number of carbonyl (C=O) groups excluding carboxylic acids is 1. The minimum atomic E-state index is -0.805. The van der Waals surface area contributed by atoms with Crippen molar-refractivity contribution in [2.45, 2.75) is 26.4 Å². The van der Waals surface area contributed by atoms with E-state index in [0.29, 0.717) is 5.75 Å². The van der Waals surface area contributed by atoms with Crippen molar-refractivity contribution in [3.8, 4) is 11.5 Å². The number of carbonyl (C=O) groups is 1. The lowest BCUT2D eigenvalue weighted by Gasteiger charge is -2.10. The van der Waals surface area contributed by atoms with Crippen LogP contribution in [0.4, 0.5) is 4.39 Å². The highest BCUT2D eigenvalue weighted by atomic mass is 35.5. The maximum Gasteiger partial charge on any atom is 0.252 e. The lowest BCUT2D eigenvalue weighted by molar-refractivity contribution is -0.117. The maximum absolute atomic E-state index is 13.7. The van der Waals surface area contributed by atoms with Crippen LogP contribution in [0.5, 0.6) is 11.5 Å². The first-order chi connectivity index (χ1) is 12.9. The zero-order chi connectivity index (χ0) is 19.8. The number of rotatable bonds is 7. The molecule has 0 radical (unpaired) electrons. The normalized spacial score (nSPS) is 13.6. The van der Waals surface area contributed by atoms with Crippen LogP contribution in [0, 0.1) is 0 Å². The van der Waals surface area contributed by atoms with E-state index in [-0.39, 0.29) is 17.2 Å².